The highest BCUT2D eigenvalue weighted by Crippen LogP contribution is 2.26. The molecular formula is C23H18FN5O2. The normalized spacial score (nSPS) is 10.4. The molecule has 0 atom stereocenters. The van der Waals surface area contributed by atoms with E-state index in [0.29, 0.717) is 11.4 Å². The van der Waals surface area contributed by atoms with Crippen LogP contribution in [0, 0.1) is 12.7 Å². The maximum absolute atomic E-state index is 14.0. The number of carbonyl (C=O) groups excluding carboxylic acids is 1. The third-order valence-electron chi connectivity index (χ3n) is 4.38. The van der Waals surface area contributed by atoms with E-state index in [-0.39, 0.29) is 29.0 Å². The molecule has 4 aromatic rings. The average molecular weight is 415 g/mol. The summed E-state index contributed by atoms with van der Waals surface area (Å²) < 4.78 is 19.6. The summed E-state index contributed by atoms with van der Waals surface area (Å²) in [6, 6.07) is 16.6. The van der Waals surface area contributed by atoms with E-state index < -0.39 is 5.82 Å². The fraction of sp³-hybridized carbons (Fsp3) is 0.0435. The molecule has 0 spiro atoms. The first kappa shape index (κ1) is 20.0. The van der Waals surface area contributed by atoms with Gasteiger partial charge >= 0.3 is 6.01 Å². The molecule has 0 saturated heterocycles. The molecule has 2 aromatic heterocycles. The van der Waals surface area contributed by atoms with Gasteiger partial charge in [0.15, 0.2) is 0 Å². The van der Waals surface area contributed by atoms with Crippen LogP contribution in [0.1, 0.15) is 15.9 Å². The molecule has 7 nitrogen and oxygen atoms in total. The first-order valence-corrected chi connectivity index (χ1v) is 9.43. The van der Waals surface area contributed by atoms with E-state index in [1.54, 1.807) is 67.0 Å². The van der Waals surface area contributed by atoms with Crippen LogP contribution in [0.25, 0.3) is 0 Å². The second-order valence-corrected chi connectivity index (χ2v) is 6.57. The van der Waals surface area contributed by atoms with E-state index in [1.165, 1.54) is 12.3 Å². The quantitative estimate of drug-likeness (QED) is 0.455. The highest BCUT2D eigenvalue weighted by Gasteiger charge is 2.15. The molecule has 0 radical (unpaired) electrons. The van der Waals surface area contributed by atoms with Crippen molar-refractivity contribution in [1.82, 2.24) is 15.0 Å². The van der Waals surface area contributed by atoms with Crippen molar-refractivity contribution < 1.29 is 13.9 Å². The zero-order chi connectivity index (χ0) is 21.6. The van der Waals surface area contributed by atoms with Crippen LogP contribution in [0.5, 0.6) is 11.8 Å². The van der Waals surface area contributed by atoms with Gasteiger partial charge in [-0.2, -0.15) is 0 Å². The molecule has 2 N–H and O–H groups in total. The predicted molar refractivity (Wildman–Crippen MR) is 115 cm³/mol. The molecule has 0 bridgehead atoms. The zero-order valence-corrected chi connectivity index (χ0v) is 16.5. The van der Waals surface area contributed by atoms with Crippen molar-refractivity contribution >= 4 is 23.1 Å². The Morgan fingerprint density at radius 1 is 0.903 bits per heavy atom. The van der Waals surface area contributed by atoms with Crippen molar-refractivity contribution in [2.45, 2.75) is 6.92 Å². The monoisotopic (exact) mass is 415 g/mol. The number of hydrogen-bond donors (Lipinski definition) is 2. The molecular weight excluding hydrogens is 397 g/mol. The Bertz CT molecular complexity index is 1220. The highest BCUT2D eigenvalue weighted by atomic mass is 19.1. The molecule has 0 aliphatic carbocycles. The van der Waals surface area contributed by atoms with Crippen LogP contribution < -0.4 is 15.4 Å². The zero-order valence-electron chi connectivity index (χ0n) is 16.5. The lowest BCUT2D eigenvalue weighted by molar-refractivity contribution is 0.102. The summed E-state index contributed by atoms with van der Waals surface area (Å²) in [6.45, 7) is 1.84. The second-order valence-electron chi connectivity index (χ2n) is 6.57. The highest BCUT2D eigenvalue weighted by molar-refractivity contribution is 6.08. The Balaban J connectivity index is 1.52. The predicted octanol–water partition coefficient (Wildman–Crippen LogP) is 5.11. The standard InChI is InChI=1S/C23H18FN5O2/c1-15-14-16(31-23-26-12-5-13-27-23)9-10-19(15)29-22(30)17-6-4-11-25-21(17)28-20-8-3-2-7-18(20)24/h2-14H,1H3,(H,25,28)(H,29,30). The molecule has 0 saturated carbocycles. The number of carbonyl (C=O) groups is 1. The SMILES string of the molecule is Cc1cc(Oc2ncccn2)ccc1NC(=O)c1cccnc1Nc1ccccc1F. The van der Waals surface area contributed by atoms with E-state index in [1.807, 2.05) is 6.92 Å². The Morgan fingerprint density at radius 3 is 2.45 bits per heavy atom. The van der Waals surface area contributed by atoms with Crippen molar-refractivity contribution in [2.24, 2.45) is 0 Å². The van der Waals surface area contributed by atoms with Crippen LogP contribution in [0.2, 0.25) is 0 Å². The molecule has 1 amide bonds. The molecule has 31 heavy (non-hydrogen) atoms. The van der Waals surface area contributed by atoms with Gasteiger partial charge in [-0.1, -0.05) is 12.1 Å². The maximum atomic E-state index is 14.0. The number of amides is 1. The van der Waals surface area contributed by atoms with Crippen LogP contribution in [-0.2, 0) is 0 Å². The van der Waals surface area contributed by atoms with E-state index >= 15 is 0 Å². The molecule has 2 heterocycles. The van der Waals surface area contributed by atoms with Crippen molar-refractivity contribution in [1.29, 1.82) is 0 Å². The summed E-state index contributed by atoms with van der Waals surface area (Å²) in [5, 5.41) is 5.74. The van der Waals surface area contributed by atoms with Gasteiger partial charge in [0.1, 0.15) is 17.4 Å². The van der Waals surface area contributed by atoms with Crippen LogP contribution in [0.3, 0.4) is 0 Å². The number of anilines is 3. The lowest BCUT2D eigenvalue weighted by Gasteiger charge is -2.13. The Morgan fingerprint density at radius 2 is 1.68 bits per heavy atom. The van der Waals surface area contributed by atoms with Gasteiger partial charge in [-0.25, -0.2) is 19.3 Å². The Labute approximate surface area is 178 Å². The van der Waals surface area contributed by atoms with Gasteiger partial charge in [0.25, 0.3) is 5.91 Å². The minimum Gasteiger partial charge on any atom is -0.424 e. The number of benzene rings is 2. The summed E-state index contributed by atoms with van der Waals surface area (Å²) in [6.07, 6.45) is 4.71. The molecule has 2 aromatic carbocycles. The van der Waals surface area contributed by atoms with Gasteiger partial charge in [-0.3, -0.25) is 4.79 Å². The summed E-state index contributed by atoms with van der Waals surface area (Å²) in [5.41, 5.74) is 1.90. The third-order valence-corrected chi connectivity index (χ3v) is 4.38. The fourth-order valence-electron chi connectivity index (χ4n) is 2.85. The molecule has 0 unspecified atom stereocenters. The number of rotatable bonds is 6. The number of ether oxygens (including phenoxy) is 1. The Kier molecular flexibility index (Phi) is 5.79. The Hall–Kier alpha value is -4.33. The van der Waals surface area contributed by atoms with Crippen molar-refractivity contribution in [3.05, 3.63) is 96.2 Å². The summed E-state index contributed by atoms with van der Waals surface area (Å²) >= 11 is 0. The smallest absolute Gasteiger partial charge is 0.321 e. The average Bonchev–Trinajstić information content (AvgIpc) is 2.78. The topological polar surface area (TPSA) is 89.0 Å². The lowest BCUT2D eigenvalue weighted by Crippen LogP contribution is -2.15. The second kappa shape index (κ2) is 9.00. The van der Waals surface area contributed by atoms with Crippen molar-refractivity contribution in [3.8, 4) is 11.8 Å². The first-order valence-electron chi connectivity index (χ1n) is 9.43. The van der Waals surface area contributed by atoms with Crippen molar-refractivity contribution in [3.63, 3.8) is 0 Å². The summed E-state index contributed by atoms with van der Waals surface area (Å²) in [7, 11) is 0. The number of pyridine rings is 1. The number of para-hydroxylation sites is 1. The molecule has 154 valence electrons. The molecule has 8 heteroatoms. The molecule has 0 fully saturated rings. The number of halogens is 1. The first-order chi connectivity index (χ1) is 15.1. The lowest BCUT2D eigenvalue weighted by atomic mass is 10.1. The number of aryl methyl sites for hydroxylation is 1. The number of nitrogens with one attached hydrogen (secondary N) is 2. The maximum Gasteiger partial charge on any atom is 0.321 e. The fourth-order valence-corrected chi connectivity index (χ4v) is 2.85. The minimum absolute atomic E-state index is 0.232. The molecule has 0 aliphatic rings. The summed E-state index contributed by atoms with van der Waals surface area (Å²) in [4.78, 5) is 25.1. The number of nitrogens with zero attached hydrogens (tertiary/aromatic N) is 3. The number of aromatic nitrogens is 3. The van der Waals surface area contributed by atoms with Crippen LogP contribution in [0.15, 0.2) is 79.3 Å². The van der Waals surface area contributed by atoms with Gasteiger partial charge in [0.2, 0.25) is 0 Å². The van der Waals surface area contributed by atoms with Crippen LogP contribution in [-0.4, -0.2) is 20.9 Å². The van der Waals surface area contributed by atoms with E-state index in [4.69, 9.17) is 4.74 Å². The van der Waals surface area contributed by atoms with Gasteiger partial charge in [-0.05, 0) is 61.0 Å². The molecule has 0 aliphatic heterocycles. The van der Waals surface area contributed by atoms with E-state index in [9.17, 15) is 9.18 Å². The van der Waals surface area contributed by atoms with Crippen molar-refractivity contribution in [2.75, 3.05) is 10.6 Å². The van der Waals surface area contributed by atoms with Gasteiger partial charge in [0, 0.05) is 24.3 Å². The van der Waals surface area contributed by atoms with Crippen LogP contribution >= 0.6 is 0 Å². The summed E-state index contributed by atoms with van der Waals surface area (Å²) in [5.74, 6) is -0.0163. The van der Waals surface area contributed by atoms with Gasteiger partial charge < -0.3 is 15.4 Å². The minimum atomic E-state index is -0.437. The van der Waals surface area contributed by atoms with Gasteiger partial charge in [0.05, 0.1) is 11.3 Å². The van der Waals surface area contributed by atoms with E-state index in [0.717, 1.165) is 5.56 Å². The molecule has 4 rings (SSSR count). The number of hydrogen-bond acceptors (Lipinski definition) is 6. The van der Waals surface area contributed by atoms with Gasteiger partial charge in [-0.15, -0.1) is 0 Å². The third kappa shape index (κ3) is 4.81. The van der Waals surface area contributed by atoms with Crippen LogP contribution in [0.4, 0.5) is 21.6 Å². The largest absolute Gasteiger partial charge is 0.424 e. The van der Waals surface area contributed by atoms with E-state index in [2.05, 4.69) is 25.6 Å².